The highest BCUT2D eigenvalue weighted by molar-refractivity contribution is 9.10. The van der Waals surface area contributed by atoms with Crippen molar-refractivity contribution in [3.05, 3.63) is 52.2 Å². The van der Waals surface area contributed by atoms with Crippen LogP contribution in [0.5, 0.6) is 0 Å². The summed E-state index contributed by atoms with van der Waals surface area (Å²) in [6.45, 7) is 5.65. The van der Waals surface area contributed by atoms with Gasteiger partial charge in [0.15, 0.2) is 17.3 Å². The van der Waals surface area contributed by atoms with Crippen LogP contribution in [0.25, 0.3) is 11.3 Å². The molecule has 1 N–H and O–H groups in total. The monoisotopic (exact) mass is 404 g/mol. The average molecular weight is 405 g/mol. The van der Waals surface area contributed by atoms with Gasteiger partial charge in [-0.2, -0.15) is 4.98 Å². The summed E-state index contributed by atoms with van der Waals surface area (Å²) < 4.78 is 11.4. The van der Waals surface area contributed by atoms with Gasteiger partial charge >= 0.3 is 0 Å². The molecule has 0 aliphatic heterocycles. The standard InChI is InChI=1S/C17H17BrN4O3/c1-9(2)15(17-19-10(3)21-25-17)20-16(23)13-8-14(24-22-13)11-4-6-12(18)7-5-11/h4-9,15H,1-3H3,(H,20,23). The maximum Gasteiger partial charge on any atom is 0.274 e. The molecule has 0 aliphatic carbocycles. The molecule has 1 amide bonds. The number of amides is 1. The molecule has 2 heterocycles. The van der Waals surface area contributed by atoms with Crippen LogP contribution in [0.3, 0.4) is 0 Å². The number of aryl methyl sites for hydroxylation is 1. The fourth-order valence-corrected chi connectivity index (χ4v) is 2.56. The molecule has 25 heavy (non-hydrogen) atoms. The number of hydrogen-bond acceptors (Lipinski definition) is 6. The molecule has 0 spiro atoms. The lowest BCUT2D eigenvalue weighted by Crippen LogP contribution is -2.32. The Bertz CT molecular complexity index is 870. The van der Waals surface area contributed by atoms with Crippen LogP contribution >= 0.6 is 15.9 Å². The molecule has 8 heteroatoms. The molecule has 1 atom stereocenters. The second kappa shape index (κ2) is 7.18. The normalized spacial score (nSPS) is 12.4. The molecule has 2 aromatic heterocycles. The van der Waals surface area contributed by atoms with Crippen LogP contribution in [0.1, 0.15) is 42.1 Å². The van der Waals surface area contributed by atoms with E-state index >= 15 is 0 Å². The van der Waals surface area contributed by atoms with E-state index < -0.39 is 6.04 Å². The van der Waals surface area contributed by atoms with Gasteiger partial charge in [-0.05, 0) is 25.0 Å². The van der Waals surface area contributed by atoms with Crippen molar-refractivity contribution < 1.29 is 13.8 Å². The van der Waals surface area contributed by atoms with Gasteiger partial charge in [0.2, 0.25) is 5.89 Å². The van der Waals surface area contributed by atoms with Gasteiger partial charge < -0.3 is 14.4 Å². The zero-order valence-electron chi connectivity index (χ0n) is 14.0. The first-order chi connectivity index (χ1) is 11.9. The number of aromatic nitrogens is 3. The zero-order chi connectivity index (χ0) is 18.0. The summed E-state index contributed by atoms with van der Waals surface area (Å²) in [7, 11) is 0. The number of rotatable bonds is 5. The lowest BCUT2D eigenvalue weighted by atomic mass is 10.0. The Morgan fingerprint density at radius 1 is 1.16 bits per heavy atom. The van der Waals surface area contributed by atoms with Crippen molar-refractivity contribution in [3.63, 3.8) is 0 Å². The minimum absolute atomic E-state index is 0.0710. The van der Waals surface area contributed by atoms with Crippen LogP contribution in [-0.2, 0) is 0 Å². The maximum atomic E-state index is 12.5. The molecule has 0 aliphatic rings. The topological polar surface area (TPSA) is 94.1 Å². The number of carbonyl (C=O) groups excluding carboxylic acids is 1. The molecule has 0 bridgehead atoms. The quantitative estimate of drug-likeness (QED) is 0.692. The lowest BCUT2D eigenvalue weighted by Gasteiger charge is -2.17. The average Bonchev–Trinajstić information content (AvgIpc) is 3.22. The molecule has 3 aromatic rings. The third-order valence-electron chi connectivity index (χ3n) is 3.63. The van der Waals surface area contributed by atoms with Crippen molar-refractivity contribution in [2.75, 3.05) is 0 Å². The van der Waals surface area contributed by atoms with Gasteiger partial charge in [0.05, 0.1) is 0 Å². The first-order valence-corrected chi connectivity index (χ1v) is 8.57. The van der Waals surface area contributed by atoms with Crippen molar-refractivity contribution >= 4 is 21.8 Å². The van der Waals surface area contributed by atoms with Gasteiger partial charge in [-0.3, -0.25) is 4.79 Å². The smallest absolute Gasteiger partial charge is 0.274 e. The van der Waals surface area contributed by atoms with E-state index in [1.54, 1.807) is 13.0 Å². The Kier molecular flexibility index (Phi) is 4.98. The molecule has 1 aromatic carbocycles. The van der Waals surface area contributed by atoms with Gasteiger partial charge in [-0.25, -0.2) is 0 Å². The summed E-state index contributed by atoms with van der Waals surface area (Å²) in [5.41, 5.74) is 1.03. The predicted molar refractivity (Wildman–Crippen MR) is 93.7 cm³/mol. The lowest BCUT2D eigenvalue weighted by molar-refractivity contribution is 0.0904. The van der Waals surface area contributed by atoms with E-state index in [4.69, 9.17) is 9.05 Å². The Morgan fingerprint density at radius 2 is 1.88 bits per heavy atom. The van der Waals surface area contributed by atoms with Crippen LogP contribution in [0, 0.1) is 12.8 Å². The van der Waals surface area contributed by atoms with E-state index in [1.807, 2.05) is 38.1 Å². The summed E-state index contributed by atoms with van der Waals surface area (Å²) in [5, 5.41) is 10.5. The first kappa shape index (κ1) is 17.3. The van der Waals surface area contributed by atoms with Crippen LogP contribution in [-0.4, -0.2) is 21.2 Å². The molecule has 3 rings (SSSR count). The van der Waals surface area contributed by atoms with Crippen molar-refractivity contribution in [2.24, 2.45) is 5.92 Å². The molecule has 0 fully saturated rings. The highest BCUT2D eigenvalue weighted by atomic mass is 79.9. The van der Waals surface area contributed by atoms with Crippen LogP contribution in [0.15, 0.2) is 43.9 Å². The molecular formula is C17H17BrN4O3. The second-order valence-corrected chi connectivity index (χ2v) is 6.87. The summed E-state index contributed by atoms with van der Waals surface area (Å²) in [5.74, 6) is 1.13. The number of hydrogen-bond donors (Lipinski definition) is 1. The highest BCUT2D eigenvalue weighted by Gasteiger charge is 2.26. The van der Waals surface area contributed by atoms with E-state index in [-0.39, 0.29) is 17.5 Å². The fourth-order valence-electron chi connectivity index (χ4n) is 2.30. The van der Waals surface area contributed by atoms with Crippen molar-refractivity contribution in [3.8, 4) is 11.3 Å². The minimum atomic E-state index is -0.401. The number of nitrogens with one attached hydrogen (secondary N) is 1. The van der Waals surface area contributed by atoms with Gasteiger partial charge in [0.1, 0.15) is 6.04 Å². The van der Waals surface area contributed by atoms with E-state index in [0.717, 1.165) is 10.0 Å². The van der Waals surface area contributed by atoms with Crippen molar-refractivity contribution in [1.29, 1.82) is 0 Å². The van der Waals surface area contributed by atoms with E-state index in [9.17, 15) is 4.79 Å². The minimum Gasteiger partial charge on any atom is -0.355 e. The SMILES string of the molecule is Cc1noc(C(NC(=O)c2cc(-c3ccc(Br)cc3)on2)C(C)C)n1. The van der Waals surface area contributed by atoms with E-state index in [1.165, 1.54) is 0 Å². The van der Waals surface area contributed by atoms with E-state index in [0.29, 0.717) is 17.5 Å². The Morgan fingerprint density at radius 3 is 2.48 bits per heavy atom. The molecular weight excluding hydrogens is 388 g/mol. The third-order valence-corrected chi connectivity index (χ3v) is 4.16. The summed E-state index contributed by atoms with van der Waals surface area (Å²) in [6.07, 6.45) is 0. The Hall–Kier alpha value is -2.48. The summed E-state index contributed by atoms with van der Waals surface area (Å²) in [4.78, 5) is 16.7. The maximum absolute atomic E-state index is 12.5. The fraction of sp³-hybridized carbons (Fsp3) is 0.294. The summed E-state index contributed by atoms with van der Waals surface area (Å²) >= 11 is 3.38. The second-order valence-electron chi connectivity index (χ2n) is 5.96. The zero-order valence-corrected chi connectivity index (χ0v) is 15.6. The third kappa shape index (κ3) is 3.96. The van der Waals surface area contributed by atoms with Gasteiger partial charge in [-0.1, -0.05) is 52.2 Å². The van der Waals surface area contributed by atoms with Crippen LogP contribution in [0.4, 0.5) is 0 Å². The van der Waals surface area contributed by atoms with Crippen LogP contribution in [0.2, 0.25) is 0 Å². The largest absolute Gasteiger partial charge is 0.355 e. The number of benzene rings is 1. The molecule has 0 saturated heterocycles. The number of halogens is 1. The molecule has 0 radical (unpaired) electrons. The van der Waals surface area contributed by atoms with Crippen LogP contribution < -0.4 is 5.32 Å². The molecule has 130 valence electrons. The van der Waals surface area contributed by atoms with E-state index in [2.05, 4.69) is 36.5 Å². The van der Waals surface area contributed by atoms with Crippen molar-refractivity contribution in [2.45, 2.75) is 26.8 Å². The van der Waals surface area contributed by atoms with Gasteiger partial charge in [-0.15, -0.1) is 0 Å². The van der Waals surface area contributed by atoms with Gasteiger partial charge in [0, 0.05) is 16.1 Å². The number of nitrogens with zero attached hydrogens (tertiary/aromatic N) is 3. The first-order valence-electron chi connectivity index (χ1n) is 7.78. The molecule has 7 nitrogen and oxygen atoms in total. The molecule has 0 saturated carbocycles. The molecule has 1 unspecified atom stereocenters. The predicted octanol–water partition coefficient (Wildman–Crippen LogP) is 3.92. The Labute approximate surface area is 152 Å². The van der Waals surface area contributed by atoms with Gasteiger partial charge in [0.25, 0.3) is 5.91 Å². The van der Waals surface area contributed by atoms with Crippen molar-refractivity contribution in [1.82, 2.24) is 20.6 Å². The summed E-state index contributed by atoms with van der Waals surface area (Å²) in [6, 6.07) is 8.75. The highest BCUT2D eigenvalue weighted by Crippen LogP contribution is 2.24. The number of carbonyl (C=O) groups is 1. The Balaban J connectivity index is 1.77.